The molecule has 0 bridgehead atoms. The zero-order chi connectivity index (χ0) is 8.69. The number of likely N-dealkylation sites (N-methyl/N-ethyl adjacent to an activating group) is 1. The van der Waals surface area contributed by atoms with Crippen LogP contribution in [0.2, 0.25) is 0 Å². The fourth-order valence-corrected chi connectivity index (χ4v) is 1.20. The second-order valence-corrected chi connectivity index (χ2v) is 2.90. The van der Waals surface area contributed by atoms with Gasteiger partial charge in [0.25, 0.3) is 0 Å². The van der Waals surface area contributed by atoms with Crippen molar-refractivity contribution >= 4 is 22.1 Å². The van der Waals surface area contributed by atoms with Crippen molar-refractivity contribution in [1.82, 2.24) is 4.90 Å². The Morgan fingerprint density at radius 3 is 2.25 bits per heavy atom. The zero-order valence-corrected chi connectivity index (χ0v) is 9.69. The molecule has 73 valence electrons. The topological polar surface area (TPSA) is 29.5 Å². The lowest BCUT2D eigenvalue weighted by Gasteiger charge is -2.21. The van der Waals surface area contributed by atoms with Gasteiger partial charge in [-0.2, -0.15) is 0 Å². The smallest absolute Gasteiger partial charge is 0.517 e. The third kappa shape index (κ3) is 6.76. The van der Waals surface area contributed by atoms with Gasteiger partial charge in [-0.05, 0) is 20.0 Å². The Bertz CT molecular complexity index is 112. The zero-order valence-electron chi connectivity index (χ0n) is 7.87. The standard InChI is InChI=1S/C7H16NO2Si.ClH/c1-4-8(5-2)6-7(3)10-11-9;/h7H,4-6H2,1-3H3;1H. The van der Waals surface area contributed by atoms with E-state index < -0.39 is 9.65 Å². The molecule has 0 aliphatic heterocycles. The van der Waals surface area contributed by atoms with Gasteiger partial charge in [0.15, 0.2) is 0 Å². The van der Waals surface area contributed by atoms with Gasteiger partial charge in [-0.25, -0.2) is 0 Å². The quantitative estimate of drug-likeness (QED) is 0.616. The first-order valence-corrected chi connectivity index (χ1v) is 4.81. The van der Waals surface area contributed by atoms with Gasteiger partial charge in [0.05, 0.1) is 6.10 Å². The minimum absolute atomic E-state index is 0. The fourth-order valence-electron chi connectivity index (χ4n) is 0.965. The van der Waals surface area contributed by atoms with Crippen molar-refractivity contribution < 1.29 is 8.89 Å². The van der Waals surface area contributed by atoms with E-state index in [2.05, 4.69) is 18.7 Å². The van der Waals surface area contributed by atoms with E-state index in [1.807, 2.05) is 6.92 Å². The molecule has 0 amide bonds. The molecular weight excluding hydrogens is 194 g/mol. The molecule has 0 heterocycles. The Kier molecular flexibility index (Phi) is 11.1. The highest BCUT2D eigenvalue weighted by Gasteiger charge is 2.06. The van der Waals surface area contributed by atoms with Crippen molar-refractivity contribution in [3.05, 3.63) is 0 Å². The molecule has 0 fully saturated rings. The molecule has 0 rings (SSSR count). The third-order valence-electron chi connectivity index (χ3n) is 1.66. The monoisotopic (exact) mass is 210 g/mol. The van der Waals surface area contributed by atoms with Gasteiger partial charge >= 0.3 is 9.65 Å². The van der Waals surface area contributed by atoms with Crippen LogP contribution in [0.5, 0.6) is 0 Å². The summed E-state index contributed by atoms with van der Waals surface area (Å²) >= 11 is 0. The number of hydrogen-bond acceptors (Lipinski definition) is 3. The molecule has 1 unspecified atom stereocenters. The Morgan fingerprint density at radius 2 is 1.92 bits per heavy atom. The predicted octanol–water partition coefficient (Wildman–Crippen LogP) is 1.12. The lowest BCUT2D eigenvalue weighted by molar-refractivity contribution is 0.152. The molecule has 1 radical (unpaired) electrons. The van der Waals surface area contributed by atoms with E-state index in [9.17, 15) is 4.46 Å². The number of hydrogen-bond donors (Lipinski definition) is 0. The normalized spacial score (nSPS) is 12.0. The summed E-state index contributed by atoms with van der Waals surface area (Å²) in [6.07, 6.45) is 0.0748. The van der Waals surface area contributed by atoms with E-state index in [1.165, 1.54) is 0 Å². The molecule has 0 spiro atoms. The molecule has 0 aromatic rings. The van der Waals surface area contributed by atoms with Gasteiger partial charge in [-0.15, -0.1) is 12.4 Å². The summed E-state index contributed by atoms with van der Waals surface area (Å²) in [5, 5.41) is 0. The van der Waals surface area contributed by atoms with Crippen LogP contribution in [-0.4, -0.2) is 40.3 Å². The van der Waals surface area contributed by atoms with E-state index in [1.54, 1.807) is 0 Å². The first-order chi connectivity index (χ1) is 5.24. The molecule has 0 aliphatic carbocycles. The van der Waals surface area contributed by atoms with Crippen molar-refractivity contribution in [2.24, 2.45) is 0 Å². The van der Waals surface area contributed by atoms with Crippen LogP contribution in [0, 0.1) is 0 Å². The molecule has 1 atom stereocenters. The van der Waals surface area contributed by atoms with E-state index in [4.69, 9.17) is 4.43 Å². The van der Waals surface area contributed by atoms with Gasteiger partial charge in [0.2, 0.25) is 0 Å². The molecule has 5 heteroatoms. The van der Waals surface area contributed by atoms with Crippen LogP contribution in [0.15, 0.2) is 0 Å². The van der Waals surface area contributed by atoms with Crippen LogP contribution in [0.25, 0.3) is 0 Å². The molecule has 0 aromatic heterocycles. The molecule has 3 nitrogen and oxygen atoms in total. The number of rotatable bonds is 6. The predicted molar refractivity (Wildman–Crippen MR) is 52.0 cm³/mol. The average Bonchev–Trinajstić information content (AvgIpc) is 2.01. The summed E-state index contributed by atoms with van der Waals surface area (Å²) in [6.45, 7) is 9.05. The highest BCUT2D eigenvalue weighted by molar-refractivity contribution is 6.06. The van der Waals surface area contributed by atoms with Crippen molar-refractivity contribution in [2.75, 3.05) is 19.6 Å². The highest BCUT2D eigenvalue weighted by atomic mass is 35.5. The number of halogens is 1. The maximum atomic E-state index is 10.1. The molecule has 12 heavy (non-hydrogen) atoms. The van der Waals surface area contributed by atoms with E-state index in [0.717, 1.165) is 19.6 Å². The third-order valence-corrected chi connectivity index (χ3v) is 2.16. The van der Waals surface area contributed by atoms with Crippen LogP contribution in [0.1, 0.15) is 20.8 Å². The van der Waals surface area contributed by atoms with Crippen LogP contribution in [0.4, 0.5) is 0 Å². The average molecular weight is 211 g/mol. The summed E-state index contributed by atoms with van der Waals surface area (Å²) in [5.74, 6) is 0. The summed E-state index contributed by atoms with van der Waals surface area (Å²) in [6, 6.07) is 0. The second kappa shape index (κ2) is 9.16. The fraction of sp³-hybridized carbons (Fsp3) is 1.00. The van der Waals surface area contributed by atoms with Gasteiger partial charge in [-0.3, -0.25) is 0 Å². The minimum atomic E-state index is -0.636. The van der Waals surface area contributed by atoms with Gasteiger partial charge in [-0.1, -0.05) is 13.8 Å². The van der Waals surface area contributed by atoms with Gasteiger partial charge < -0.3 is 13.8 Å². The van der Waals surface area contributed by atoms with Crippen LogP contribution in [0.3, 0.4) is 0 Å². The van der Waals surface area contributed by atoms with Crippen molar-refractivity contribution in [2.45, 2.75) is 26.9 Å². The van der Waals surface area contributed by atoms with Crippen molar-refractivity contribution in [3.63, 3.8) is 0 Å². The second-order valence-electron chi connectivity index (χ2n) is 2.50. The molecule has 0 aliphatic rings. The Hall–Kier alpha value is 0.0669. The molecule has 0 saturated carbocycles. The van der Waals surface area contributed by atoms with Gasteiger partial charge in [0.1, 0.15) is 0 Å². The largest absolute Gasteiger partial charge is 0.594 e. The van der Waals surface area contributed by atoms with Crippen molar-refractivity contribution in [3.8, 4) is 0 Å². The van der Waals surface area contributed by atoms with Crippen LogP contribution >= 0.6 is 12.4 Å². The summed E-state index contributed by atoms with van der Waals surface area (Å²) < 4.78 is 15.0. The molecular formula is C7H17ClNO2Si. The highest BCUT2D eigenvalue weighted by Crippen LogP contribution is 1.93. The first kappa shape index (κ1) is 14.6. The van der Waals surface area contributed by atoms with Crippen molar-refractivity contribution in [1.29, 1.82) is 0 Å². The lowest BCUT2D eigenvalue weighted by atomic mass is 10.3. The number of nitrogens with zero attached hydrogens (tertiary/aromatic N) is 1. The molecule has 0 N–H and O–H groups in total. The summed E-state index contributed by atoms with van der Waals surface area (Å²) in [4.78, 5) is 2.24. The summed E-state index contributed by atoms with van der Waals surface area (Å²) in [5.41, 5.74) is 0. The van der Waals surface area contributed by atoms with Crippen LogP contribution in [-0.2, 0) is 8.89 Å². The van der Waals surface area contributed by atoms with Crippen LogP contribution < -0.4 is 0 Å². The SMILES string of the molecule is CCN(CC)CC(C)O[Si]=O.Cl. The molecule has 0 aromatic carbocycles. The minimum Gasteiger partial charge on any atom is -0.517 e. The van der Waals surface area contributed by atoms with E-state index in [0.29, 0.717) is 0 Å². The molecule has 0 saturated heterocycles. The maximum absolute atomic E-state index is 10.1. The van der Waals surface area contributed by atoms with Gasteiger partial charge in [0, 0.05) is 6.54 Å². The Labute approximate surface area is 82.9 Å². The van der Waals surface area contributed by atoms with E-state index >= 15 is 0 Å². The Balaban J connectivity index is 0. The first-order valence-electron chi connectivity index (χ1n) is 3.99. The summed E-state index contributed by atoms with van der Waals surface area (Å²) in [7, 11) is -0.636. The Morgan fingerprint density at radius 1 is 1.42 bits per heavy atom. The lowest BCUT2D eigenvalue weighted by Crippen LogP contribution is -2.32. The van der Waals surface area contributed by atoms with E-state index in [-0.39, 0.29) is 18.5 Å². The maximum Gasteiger partial charge on any atom is 0.594 e.